The summed E-state index contributed by atoms with van der Waals surface area (Å²) in [6.07, 6.45) is 2.39. The molecule has 1 aliphatic heterocycles. The molecule has 1 atom stereocenters. The fourth-order valence-electron chi connectivity index (χ4n) is 3.41. The zero-order chi connectivity index (χ0) is 15.2. The summed E-state index contributed by atoms with van der Waals surface area (Å²) in [5, 5.41) is 15.5. The lowest BCUT2D eigenvalue weighted by Gasteiger charge is -2.31. The van der Waals surface area contributed by atoms with E-state index in [9.17, 15) is 5.11 Å². The Bertz CT molecular complexity index is 594. The monoisotopic (exact) mass is 298 g/mol. The molecule has 1 heterocycles. The molecule has 1 unspecified atom stereocenters. The Balaban J connectivity index is 1.48. The summed E-state index contributed by atoms with van der Waals surface area (Å²) in [5.41, 5.74) is 1.37. The molecule has 3 nitrogen and oxygen atoms in total. The lowest BCUT2D eigenvalue weighted by atomic mass is 9.99. The van der Waals surface area contributed by atoms with E-state index >= 15 is 0 Å². The van der Waals surface area contributed by atoms with E-state index in [1.54, 1.807) is 0 Å². The summed E-state index contributed by atoms with van der Waals surface area (Å²) >= 11 is 0. The number of nitrogens with one attached hydrogen (secondary N) is 1. The van der Waals surface area contributed by atoms with Crippen molar-refractivity contribution in [3.63, 3.8) is 0 Å². The van der Waals surface area contributed by atoms with Gasteiger partial charge in [-0.05, 0) is 41.6 Å². The van der Waals surface area contributed by atoms with Crippen LogP contribution < -0.4 is 5.32 Å². The normalized spacial score (nSPS) is 19.6. The van der Waals surface area contributed by atoms with E-state index in [0.717, 1.165) is 26.2 Å². The molecule has 2 aromatic carbocycles. The Morgan fingerprint density at radius 3 is 2.91 bits per heavy atom. The first-order valence-electron chi connectivity index (χ1n) is 8.37. The van der Waals surface area contributed by atoms with Gasteiger partial charge in [-0.2, -0.15) is 0 Å². The van der Waals surface area contributed by atoms with Gasteiger partial charge in [-0.1, -0.05) is 42.5 Å². The Kier molecular flexibility index (Phi) is 5.43. The standard InChI is InChI=1S/C19H26N2O/c22-15-16-5-4-11-21(14-16)12-10-20-13-18-8-3-7-17-6-1-2-9-19(17)18/h1-3,6-9,16,20,22H,4-5,10-15H2. The van der Waals surface area contributed by atoms with Crippen molar-refractivity contribution >= 4 is 10.8 Å². The number of aliphatic hydroxyl groups is 1. The molecular formula is C19H26N2O. The minimum Gasteiger partial charge on any atom is -0.396 e. The maximum atomic E-state index is 9.29. The number of hydrogen-bond acceptors (Lipinski definition) is 3. The summed E-state index contributed by atoms with van der Waals surface area (Å²) in [6.45, 7) is 5.54. The second-order valence-corrected chi connectivity index (χ2v) is 6.31. The molecule has 2 N–H and O–H groups in total. The first-order chi connectivity index (χ1) is 10.9. The first kappa shape index (κ1) is 15.5. The molecule has 0 amide bonds. The van der Waals surface area contributed by atoms with Gasteiger partial charge in [0.15, 0.2) is 0 Å². The van der Waals surface area contributed by atoms with E-state index in [1.165, 1.54) is 35.7 Å². The lowest BCUT2D eigenvalue weighted by Crippen LogP contribution is -2.40. The van der Waals surface area contributed by atoms with Crippen LogP contribution in [-0.2, 0) is 6.54 Å². The van der Waals surface area contributed by atoms with Crippen molar-refractivity contribution < 1.29 is 5.11 Å². The molecule has 3 heteroatoms. The molecule has 22 heavy (non-hydrogen) atoms. The van der Waals surface area contributed by atoms with Crippen LogP contribution in [0.15, 0.2) is 42.5 Å². The van der Waals surface area contributed by atoms with Crippen molar-refractivity contribution in [3.8, 4) is 0 Å². The van der Waals surface area contributed by atoms with E-state index in [4.69, 9.17) is 0 Å². The molecule has 1 aliphatic rings. The van der Waals surface area contributed by atoms with Gasteiger partial charge in [0.2, 0.25) is 0 Å². The Labute approximate surface area is 132 Å². The van der Waals surface area contributed by atoms with Crippen LogP contribution in [0.1, 0.15) is 18.4 Å². The summed E-state index contributed by atoms with van der Waals surface area (Å²) < 4.78 is 0. The smallest absolute Gasteiger partial charge is 0.0471 e. The van der Waals surface area contributed by atoms with Crippen LogP contribution in [0.25, 0.3) is 10.8 Å². The Hall–Kier alpha value is -1.42. The van der Waals surface area contributed by atoms with Crippen molar-refractivity contribution in [3.05, 3.63) is 48.0 Å². The third kappa shape index (κ3) is 3.86. The van der Waals surface area contributed by atoms with E-state index in [0.29, 0.717) is 12.5 Å². The van der Waals surface area contributed by atoms with E-state index in [-0.39, 0.29) is 0 Å². The molecule has 0 aromatic heterocycles. The van der Waals surface area contributed by atoms with Gasteiger partial charge in [0.05, 0.1) is 0 Å². The van der Waals surface area contributed by atoms with E-state index < -0.39 is 0 Å². The topological polar surface area (TPSA) is 35.5 Å². The molecule has 0 aliphatic carbocycles. The van der Waals surface area contributed by atoms with Gasteiger partial charge in [-0.25, -0.2) is 0 Å². The fraction of sp³-hybridized carbons (Fsp3) is 0.474. The number of piperidine rings is 1. The molecule has 3 rings (SSSR count). The predicted octanol–water partition coefficient (Wildman–Crippen LogP) is 2.63. The lowest BCUT2D eigenvalue weighted by molar-refractivity contribution is 0.121. The molecule has 0 spiro atoms. The second-order valence-electron chi connectivity index (χ2n) is 6.31. The van der Waals surface area contributed by atoms with Gasteiger partial charge in [0, 0.05) is 32.8 Å². The maximum Gasteiger partial charge on any atom is 0.0471 e. The highest BCUT2D eigenvalue weighted by molar-refractivity contribution is 5.85. The number of nitrogens with zero attached hydrogens (tertiary/aromatic N) is 1. The molecule has 1 fully saturated rings. The van der Waals surface area contributed by atoms with Gasteiger partial charge in [-0.3, -0.25) is 0 Å². The number of benzene rings is 2. The largest absolute Gasteiger partial charge is 0.396 e. The van der Waals surface area contributed by atoms with Crippen LogP contribution in [0.3, 0.4) is 0 Å². The van der Waals surface area contributed by atoms with Crippen LogP contribution in [0.5, 0.6) is 0 Å². The average Bonchev–Trinajstić information content (AvgIpc) is 2.59. The molecule has 118 valence electrons. The van der Waals surface area contributed by atoms with Gasteiger partial charge in [-0.15, -0.1) is 0 Å². The molecule has 2 aromatic rings. The molecule has 0 saturated carbocycles. The van der Waals surface area contributed by atoms with Crippen molar-refractivity contribution in [2.24, 2.45) is 5.92 Å². The second kappa shape index (κ2) is 7.73. The van der Waals surface area contributed by atoms with Gasteiger partial charge >= 0.3 is 0 Å². The van der Waals surface area contributed by atoms with Crippen LogP contribution in [0.2, 0.25) is 0 Å². The quantitative estimate of drug-likeness (QED) is 0.805. The molecule has 0 bridgehead atoms. The van der Waals surface area contributed by atoms with Crippen LogP contribution >= 0.6 is 0 Å². The predicted molar refractivity (Wildman–Crippen MR) is 91.9 cm³/mol. The van der Waals surface area contributed by atoms with Crippen molar-refractivity contribution in [1.29, 1.82) is 0 Å². The maximum absolute atomic E-state index is 9.29. The van der Waals surface area contributed by atoms with E-state index in [2.05, 4.69) is 52.7 Å². The zero-order valence-electron chi connectivity index (χ0n) is 13.2. The molecular weight excluding hydrogens is 272 g/mol. The van der Waals surface area contributed by atoms with Crippen LogP contribution in [-0.4, -0.2) is 42.8 Å². The van der Waals surface area contributed by atoms with Crippen molar-refractivity contribution in [2.45, 2.75) is 19.4 Å². The number of fused-ring (bicyclic) bond motifs is 1. The summed E-state index contributed by atoms with van der Waals surface area (Å²) in [6, 6.07) is 15.1. The van der Waals surface area contributed by atoms with E-state index in [1.807, 2.05) is 0 Å². The zero-order valence-corrected chi connectivity index (χ0v) is 13.2. The summed E-state index contributed by atoms with van der Waals surface area (Å²) in [5.74, 6) is 0.479. The number of hydrogen-bond donors (Lipinski definition) is 2. The number of rotatable bonds is 6. The third-order valence-corrected chi connectivity index (χ3v) is 4.66. The minimum atomic E-state index is 0.333. The Morgan fingerprint density at radius 1 is 1.14 bits per heavy atom. The number of likely N-dealkylation sites (tertiary alicyclic amines) is 1. The van der Waals surface area contributed by atoms with Crippen LogP contribution in [0.4, 0.5) is 0 Å². The fourth-order valence-corrected chi connectivity index (χ4v) is 3.41. The van der Waals surface area contributed by atoms with Crippen molar-refractivity contribution in [1.82, 2.24) is 10.2 Å². The minimum absolute atomic E-state index is 0.333. The highest BCUT2D eigenvalue weighted by Crippen LogP contribution is 2.18. The summed E-state index contributed by atoms with van der Waals surface area (Å²) in [7, 11) is 0. The first-order valence-corrected chi connectivity index (χ1v) is 8.37. The molecule has 0 radical (unpaired) electrons. The SMILES string of the molecule is OCC1CCCN(CCNCc2cccc3ccccc23)C1. The average molecular weight is 298 g/mol. The summed E-state index contributed by atoms with van der Waals surface area (Å²) in [4.78, 5) is 2.47. The molecule has 1 saturated heterocycles. The van der Waals surface area contributed by atoms with Crippen molar-refractivity contribution in [2.75, 3.05) is 32.8 Å². The number of aliphatic hydroxyl groups excluding tert-OH is 1. The third-order valence-electron chi connectivity index (χ3n) is 4.66. The Morgan fingerprint density at radius 2 is 2.00 bits per heavy atom. The van der Waals surface area contributed by atoms with Gasteiger partial charge < -0.3 is 15.3 Å². The van der Waals surface area contributed by atoms with Gasteiger partial charge in [0.1, 0.15) is 0 Å². The highest BCUT2D eigenvalue weighted by Gasteiger charge is 2.18. The van der Waals surface area contributed by atoms with Gasteiger partial charge in [0.25, 0.3) is 0 Å². The van der Waals surface area contributed by atoms with Crippen LogP contribution in [0, 0.1) is 5.92 Å². The highest BCUT2D eigenvalue weighted by atomic mass is 16.3.